The first-order chi connectivity index (χ1) is 9.20. The Hall–Kier alpha value is -2.70. The summed E-state index contributed by atoms with van der Waals surface area (Å²) < 4.78 is 6.04. The summed E-state index contributed by atoms with van der Waals surface area (Å²) >= 11 is 0. The van der Waals surface area contributed by atoms with Gasteiger partial charge in [0.1, 0.15) is 11.4 Å². The molecule has 0 aliphatic heterocycles. The van der Waals surface area contributed by atoms with Gasteiger partial charge in [-0.2, -0.15) is 5.10 Å². The quantitative estimate of drug-likeness (QED) is 0.656. The molecule has 2 rings (SSSR count). The molecule has 1 N–H and O–H groups in total. The largest absolute Gasteiger partial charge is 0.452 e. The van der Waals surface area contributed by atoms with Gasteiger partial charge >= 0.3 is 6.09 Å². The first-order valence-corrected chi connectivity index (χ1v) is 5.54. The molecular formula is C12H13N5O2. The highest BCUT2D eigenvalue weighted by molar-refractivity contribution is 6.11. The van der Waals surface area contributed by atoms with Gasteiger partial charge < -0.3 is 4.74 Å². The maximum Gasteiger partial charge on any atom is 0.427 e. The highest BCUT2D eigenvalue weighted by Crippen LogP contribution is 2.07. The van der Waals surface area contributed by atoms with Crippen molar-refractivity contribution in [3.05, 3.63) is 47.8 Å². The average Bonchev–Trinajstić information content (AvgIpc) is 2.86. The Kier molecular flexibility index (Phi) is 3.87. The van der Waals surface area contributed by atoms with Crippen molar-refractivity contribution in [3.63, 3.8) is 0 Å². The second-order valence-electron chi connectivity index (χ2n) is 3.71. The van der Waals surface area contributed by atoms with Gasteiger partial charge in [0.2, 0.25) is 0 Å². The zero-order valence-corrected chi connectivity index (χ0v) is 10.6. The second-order valence-corrected chi connectivity index (χ2v) is 3.71. The molecule has 7 nitrogen and oxygen atoms in total. The summed E-state index contributed by atoms with van der Waals surface area (Å²) in [5.74, 6) is 0. The summed E-state index contributed by atoms with van der Waals surface area (Å²) in [6, 6.07) is 9.38. The van der Waals surface area contributed by atoms with E-state index in [2.05, 4.69) is 25.6 Å². The number of rotatable bonds is 3. The van der Waals surface area contributed by atoms with Crippen LogP contribution in [-0.2, 0) is 11.8 Å². The van der Waals surface area contributed by atoms with E-state index in [-0.39, 0.29) is 0 Å². The van der Waals surface area contributed by atoms with Gasteiger partial charge in [0.25, 0.3) is 0 Å². The minimum Gasteiger partial charge on any atom is -0.452 e. The van der Waals surface area contributed by atoms with Crippen molar-refractivity contribution < 1.29 is 9.53 Å². The highest BCUT2D eigenvalue weighted by atomic mass is 16.5. The van der Waals surface area contributed by atoms with Gasteiger partial charge in [0.05, 0.1) is 13.3 Å². The number of carbonyl (C=O) groups excluding carboxylic acids is 1. The third-order valence-electron chi connectivity index (χ3n) is 2.34. The lowest BCUT2D eigenvalue weighted by atomic mass is 10.1. The fourth-order valence-corrected chi connectivity index (χ4v) is 1.47. The van der Waals surface area contributed by atoms with E-state index in [1.165, 1.54) is 7.11 Å². The normalized spacial score (nSPS) is 11.2. The lowest BCUT2D eigenvalue weighted by Crippen LogP contribution is -2.20. The van der Waals surface area contributed by atoms with Crippen molar-refractivity contribution >= 4 is 11.8 Å². The Balaban J connectivity index is 2.36. The summed E-state index contributed by atoms with van der Waals surface area (Å²) in [5.41, 5.74) is 4.18. The van der Waals surface area contributed by atoms with E-state index in [0.29, 0.717) is 11.4 Å². The number of hydrogen-bond donors (Lipinski definition) is 1. The number of nitrogens with zero attached hydrogens (tertiary/aromatic N) is 4. The van der Waals surface area contributed by atoms with Crippen LogP contribution in [0.4, 0.5) is 4.79 Å². The van der Waals surface area contributed by atoms with E-state index in [1.807, 2.05) is 30.3 Å². The third kappa shape index (κ3) is 3.15. The Morgan fingerprint density at radius 2 is 2.11 bits per heavy atom. The molecule has 0 bridgehead atoms. The number of aryl methyl sites for hydroxylation is 1. The molecule has 0 spiro atoms. The van der Waals surface area contributed by atoms with Crippen LogP contribution >= 0.6 is 0 Å². The smallest absolute Gasteiger partial charge is 0.427 e. The second kappa shape index (κ2) is 5.76. The summed E-state index contributed by atoms with van der Waals surface area (Å²) in [6.07, 6.45) is 1.07. The van der Waals surface area contributed by atoms with E-state index in [9.17, 15) is 4.79 Å². The number of methoxy groups -OCH3 is 1. The van der Waals surface area contributed by atoms with Crippen molar-refractivity contribution in [2.45, 2.75) is 0 Å². The lowest BCUT2D eigenvalue weighted by molar-refractivity contribution is 0.171. The molecule has 1 amide bonds. The van der Waals surface area contributed by atoms with Crippen molar-refractivity contribution in [2.24, 2.45) is 12.1 Å². The zero-order chi connectivity index (χ0) is 13.7. The molecule has 1 aromatic heterocycles. The van der Waals surface area contributed by atoms with Gasteiger partial charge in [0, 0.05) is 12.6 Å². The predicted molar refractivity (Wildman–Crippen MR) is 68.6 cm³/mol. The fraction of sp³-hybridized carbons (Fsp3) is 0.167. The number of nitrogens with one attached hydrogen (secondary N) is 1. The molecular weight excluding hydrogens is 246 g/mol. The van der Waals surface area contributed by atoms with E-state index in [4.69, 9.17) is 0 Å². The summed E-state index contributed by atoms with van der Waals surface area (Å²) in [4.78, 5) is 11.1. The van der Waals surface area contributed by atoms with Crippen molar-refractivity contribution in [1.29, 1.82) is 0 Å². The molecule has 0 saturated carbocycles. The van der Waals surface area contributed by atoms with Crippen LogP contribution < -0.4 is 5.43 Å². The van der Waals surface area contributed by atoms with Crippen LogP contribution in [0.15, 0.2) is 41.6 Å². The van der Waals surface area contributed by atoms with Crippen molar-refractivity contribution in [3.8, 4) is 0 Å². The Labute approximate surface area is 109 Å². The Morgan fingerprint density at radius 3 is 2.68 bits per heavy atom. The molecule has 19 heavy (non-hydrogen) atoms. The SMILES string of the molecule is COC(=O)N/N=C(/c1ccccc1)c1cn(C)nn1. The number of hydrogen-bond acceptors (Lipinski definition) is 5. The molecule has 0 radical (unpaired) electrons. The number of ether oxygens (including phenoxy) is 1. The maximum absolute atomic E-state index is 11.1. The van der Waals surface area contributed by atoms with Gasteiger partial charge in [-0.3, -0.25) is 4.68 Å². The van der Waals surface area contributed by atoms with Crippen LogP contribution in [0.3, 0.4) is 0 Å². The first-order valence-electron chi connectivity index (χ1n) is 5.54. The Morgan fingerprint density at radius 1 is 1.37 bits per heavy atom. The predicted octanol–water partition coefficient (Wildman–Crippen LogP) is 0.923. The van der Waals surface area contributed by atoms with Gasteiger partial charge in [-0.25, -0.2) is 10.2 Å². The summed E-state index contributed by atoms with van der Waals surface area (Å²) in [7, 11) is 3.03. The molecule has 0 aliphatic carbocycles. The minimum atomic E-state index is -0.641. The van der Waals surface area contributed by atoms with Crippen LogP contribution in [0.2, 0.25) is 0 Å². The van der Waals surface area contributed by atoms with Crippen molar-refractivity contribution in [1.82, 2.24) is 20.4 Å². The molecule has 0 aliphatic rings. The van der Waals surface area contributed by atoms with Crippen LogP contribution in [-0.4, -0.2) is 33.9 Å². The molecule has 0 unspecified atom stereocenters. The number of amides is 1. The van der Waals surface area contributed by atoms with E-state index in [1.54, 1.807) is 17.9 Å². The standard InChI is InChI=1S/C12H13N5O2/c1-17-8-10(13-16-17)11(14-15-12(18)19-2)9-6-4-3-5-7-9/h3-8H,1-2H3,(H,15,18)/b14-11-. The third-order valence-corrected chi connectivity index (χ3v) is 2.34. The monoisotopic (exact) mass is 259 g/mol. The number of carbonyl (C=O) groups is 1. The molecule has 7 heteroatoms. The first kappa shape index (κ1) is 12.7. The molecule has 0 fully saturated rings. The maximum atomic E-state index is 11.1. The van der Waals surface area contributed by atoms with Gasteiger partial charge in [0.15, 0.2) is 0 Å². The molecule has 98 valence electrons. The minimum absolute atomic E-state index is 0.513. The summed E-state index contributed by atoms with van der Waals surface area (Å²) in [5, 5.41) is 11.9. The molecule has 2 aromatic rings. The lowest BCUT2D eigenvalue weighted by Gasteiger charge is -2.03. The van der Waals surface area contributed by atoms with Crippen LogP contribution in [0.25, 0.3) is 0 Å². The number of hydrazone groups is 1. The topological polar surface area (TPSA) is 81.4 Å². The summed E-state index contributed by atoms with van der Waals surface area (Å²) in [6.45, 7) is 0. The number of benzene rings is 1. The van der Waals surface area contributed by atoms with E-state index < -0.39 is 6.09 Å². The zero-order valence-electron chi connectivity index (χ0n) is 10.6. The van der Waals surface area contributed by atoms with Crippen LogP contribution in [0.5, 0.6) is 0 Å². The molecule has 1 heterocycles. The average molecular weight is 259 g/mol. The van der Waals surface area contributed by atoms with Crippen molar-refractivity contribution in [2.75, 3.05) is 7.11 Å². The number of aromatic nitrogens is 3. The molecule has 0 saturated heterocycles. The highest BCUT2D eigenvalue weighted by Gasteiger charge is 2.11. The van der Waals surface area contributed by atoms with Gasteiger partial charge in [-0.05, 0) is 0 Å². The van der Waals surface area contributed by atoms with E-state index in [0.717, 1.165) is 5.56 Å². The molecule has 1 aromatic carbocycles. The van der Waals surface area contributed by atoms with Crippen LogP contribution in [0, 0.1) is 0 Å². The van der Waals surface area contributed by atoms with Crippen LogP contribution in [0.1, 0.15) is 11.3 Å². The van der Waals surface area contributed by atoms with Gasteiger partial charge in [-0.15, -0.1) is 5.10 Å². The Bertz CT molecular complexity index is 591. The molecule has 0 atom stereocenters. The van der Waals surface area contributed by atoms with Gasteiger partial charge in [-0.1, -0.05) is 35.5 Å². The van der Waals surface area contributed by atoms with E-state index >= 15 is 0 Å². The fourth-order valence-electron chi connectivity index (χ4n) is 1.47.